The monoisotopic (exact) mass is 250 g/mol. The molecule has 1 aromatic heterocycles. The molecule has 0 saturated carbocycles. The molecule has 0 unspecified atom stereocenters. The summed E-state index contributed by atoms with van der Waals surface area (Å²) in [6.07, 6.45) is 0. The molecular weight excluding hydrogens is 232 g/mol. The van der Waals surface area contributed by atoms with Crippen molar-refractivity contribution in [3.8, 4) is 0 Å². The number of aryl methyl sites for hydroxylation is 2. The van der Waals surface area contributed by atoms with E-state index in [1.807, 2.05) is 26.0 Å². The minimum Gasteiger partial charge on any atom is -0.355 e. The Morgan fingerprint density at radius 2 is 1.83 bits per heavy atom. The first-order valence-electron chi connectivity index (χ1n) is 5.72. The van der Waals surface area contributed by atoms with E-state index in [1.165, 1.54) is 6.92 Å². The molecule has 1 heterocycles. The Labute approximate surface area is 106 Å². The Kier molecular flexibility index (Phi) is 5.10. The number of urea groups is 1. The van der Waals surface area contributed by atoms with E-state index >= 15 is 0 Å². The molecule has 6 heteroatoms. The van der Waals surface area contributed by atoms with Crippen molar-refractivity contribution in [1.29, 1.82) is 0 Å². The predicted octanol–water partition coefficient (Wildman–Crippen LogP) is 0.956. The van der Waals surface area contributed by atoms with Gasteiger partial charge in [0.15, 0.2) is 0 Å². The van der Waals surface area contributed by atoms with Gasteiger partial charge in [0.25, 0.3) is 0 Å². The molecule has 3 N–H and O–H groups in total. The number of rotatable bonds is 4. The third kappa shape index (κ3) is 4.82. The van der Waals surface area contributed by atoms with Crippen LogP contribution in [0.4, 0.5) is 10.5 Å². The van der Waals surface area contributed by atoms with Crippen LogP contribution in [0.3, 0.4) is 0 Å². The zero-order chi connectivity index (χ0) is 13.5. The standard InChI is InChI=1S/C12H18N4O2/c1-8-4-5-11(9(2)15-8)16-12(18)14-7-6-13-10(3)17/h4-5H,6-7H2,1-3H3,(H,13,17)(H2,14,16,18). The lowest BCUT2D eigenvalue weighted by atomic mass is 10.3. The molecule has 0 bridgehead atoms. The molecule has 1 aromatic rings. The van der Waals surface area contributed by atoms with Crippen molar-refractivity contribution in [2.45, 2.75) is 20.8 Å². The molecule has 3 amide bonds. The number of carbonyl (C=O) groups is 2. The lowest BCUT2D eigenvalue weighted by molar-refractivity contribution is -0.118. The van der Waals surface area contributed by atoms with Gasteiger partial charge in [0.05, 0.1) is 11.4 Å². The Bertz CT molecular complexity index is 446. The molecule has 0 aliphatic carbocycles. The highest BCUT2D eigenvalue weighted by Crippen LogP contribution is 2.11. The fourth-order valence-electron chi connectivity index (χ4n) is 1.40. The summed E-state index contributed by atoms with van der Waals surface area (Å²) in [6, 6.07) is 3.33. The van der Waals surface area contributed by atoms with E-state index in [1.54, 1.807) is 0 Å². The highest BCUT2D eigenvalue weighted by Gasteiger charge is 2.04. The molecule has 0 saturated heterocycles. The van der Waals surface area contributed by atoms with Crippen LogP contribution in [-0.2, 0) is 4.79 Å². The van der Waals surface area contributed by atoms with E-state index < -0.39 is 0 Å². The highest BCUT2D eigenvalue weighted by atomic mass is 16.2. The van der Waals surface area contributed by atoms with Gasteiger partial charge in [0.1, 0.15) is 0 Å². The topological polar surface area (TPSA) is 83.1 Å². The van der Waals surface area contributed by atoms with Gasteiger partial charge in [-0.15, -0.1) is 0 Å². The number of hydrogen-bond acceptors (Lipinski definition) is 3. The lowest BCUT2D eigenvalue weighted by Gasteiger charge is -2.10. The molecule has 0 fully saturated rings. The van der Waals surface area contributed by atoms with E-state index in [0.29, 0.717) is 18.8 Å². The maximum absolute atomic E-state index is 11.5. The summed E-state index contributed by atoms with van der Waals surface area (Å²) in [7, 11) is 0. The number of amides is 3. The fraction of sp³-hybridized carbons (Fsp3) is 0.417. The summed E-state index contributed by atoms with van der Waals surface area (Å²) < 4.78 is 0. The molecule has 98 valence electrons. The summed E-state index contributed by atoms with van der Waals surface area (Å²) in [5, 5.41) is 7.93. The zero-order valence-electron chi connectivity index (χ0n) is 10.8. The van der Waals surface area contributed by atoms with Gasteiger partial charge in [0, 0.05) is 25.7 Å². The summed E-state index contributed by atoms with van der Waals surface area (Å²) in [5.41, 5.74) is 2.36. The van der Waals surface area contributed by atoms with Gasteiger partial charge in [-0.25, -0.2) is 4.79 Å². The van der Waals surface area contributed by atoms with Crippen LogP contribution in [0, 0.1) is 13.8 Å². The molecule has 0 atom stereocenters. The van der Waals surface area contributed by atoms with Crippen molar-refractivity contribution in [2.24, 2.45) is 0 Å². The summed E-state index contributed by atoms with van der Waals surface area (Å²) in [5.74, 6) is -0.115. The molecule has 0 aromatic carbocycles. The van der Waals surface area contributed by atoms with Crippen molar-refractivity contribution in [3.05, 3.63) is 23.5 Å². The van der Waals surface area contributed by atoms with Crippen LogP contribution in [0.5, 0.6) is 0 Å². The van der Waals surface area contributed by atoms with Crippen LogP contribution < -0.4 is 16.0 Å². The van der Waals surface area contributed by atoms with Crippen LogP contribution >= 0.6 is 0 Å². The molecule has 1 rings (SSSR count). The van der Waals surface area contributed by atoms with Crippen molar-refractivity contribution in [3.63, 3.8) is 0 Å². The van der Waals surface area contributed by atoms with Crippen LogP contribution in [0.1, 0.15) is 18.3 Å². The van der Waals surface area contributed by atoms with Crippen molar-refractivity contribution in [2.75, 3.05) is 18.4 Å². The first-order chi connectivity index (χ1) is 8.49. The Balaban J connectivity index is 2.38. The Hall–Kier alpha value is -2.11. The first kappa shape index (κ1) is 14.0. The number of anilines is 1. The summed E-state index contributed by atoms with van der Waals surface area (Å²) in [6.45, 7) is 5.95. The number of hydrogen-bond donors (Lipinski definition) is 3. The maximum atomic E-state index is 11.5. The second kappa shape index (κ2) is 6.58. The molecular formula is C12H18N4O2. The molecule has 0 aliphatic rings. The van der Waals surface area contributed by atoms with Crippen LogP contribution in [-0.4, -0.2) is 30.0 Å². The smallest absolute Gasteiger partial charge is 0.319 e. The van der Waals surface area contributed by atoms with Crippen molar-refractivity contribution < 1.29 is 9.59 Å². The van der Waals surface area contributed by atoms with Gasteiger partial charge in [-0.2, -0.15) is 0 Å². The van der Waals surface area contributed by atoms with E-state index in [9.17, 15) is 9.59 Å². The normalized spacial score (nSPS) is 9.72. The van der Waals surface area contributed by atoms with Crippen molar-refractivity contribution >= 4 is 17.6 Å². The average Bonchev–Trinajstić information content (AvgIpc) is 2.28. The minimum atomic E-state index is -0.311. The number of pyridine rings is 1. The third-order valence-corrected chi connectivity index (χ3v) is 2.26. The van der Waals surface area contributed by atoms with Gasteiger partial charge in [0.2, 0.25) is 5.91 Å². The van der Waals surface area contributed by atoms with Gasteiger partial charge in [-0.1, -0.05) is 0 Å². The molecule has 0 spiro atoms. The van der Waals surface area contributed by atoms with Gasteiger partial charge >= 0.3 is 6.03 Å². The van der Waals surface area contributed by atoms with Crippen molar-refractivity contribution in [1.82, 2.24) is 15.6 Å². The SMILES string of the molecule is CC(=O)NCCNC(=O)Nc1ccc(C)nc1C. The van der Waals surface area contributed by atoms with E-state index in [-0.39, 0.29) is 11.9 Å². The number of carbonyl (C=O) groups excluding carboxylic acids is 2. The number of nitrogens with one attached hydrogen (secondary N) is 3. The second-order valence-corrected chi connectivity index (χ2v) is 3.95. The summed E-state index contributed by atoms with van der Waals surface area (Å²) >= 11 is 0. The summed E-state index contributed by atoms with van der Waals surface area (Å²) in [4.78, 5) is 26.4. The molecule has 0 aliphatic heterocycles. The van der Waals surface area contributed by atoms with Crippen LogP contribution in [0.2, 0.25) is 0 Å². The molecule has 0 radical (unpaired) electrons. The highest BCUT2D eigenvalue weighted by molar-refractivity contribution is 5.89. The predicted molar refractivity (Wildman–Crippen MR) is 69.4 cm³/mol. The third-order valence-electron chi connectivity index (χ3n) is 2.26. The number of nitrogens with zero attached hydrogens (tertiary/aromatic N) is 1. The fourth-order valence-corrected chi connectivity index (χ4v) is 1.40. The van der Waals surface area contributed by atoms with Crippen LogP contribution in [0.25, 0.3) is 0 Å². The quantitative estimate of drug-likeness (QED) is 0.696. The van der Waals surface area contributed by atoms with E-state index in [2.05, 4.69) is 20.9 Å². The second-order valence-electron chi connectivity index (χ2n) is 3.95. The van der Waals surface area contributed by atoms with Gasteiger partial charge < -0.3 is 16.0 Å². The largest absolute Gasteiger partial charge is 0.355 e. The van der Waals surface area contributed by atoms with E-state index in [4.69, 9.17) is 0 Å². The first-order valence-corrected chi connectivity index (χ1v) is 5.72. The Morgan fingerprint density at radius 1 is 1.17 bits per heavy atom. The van der Waals surface area contributed by atoms with E-state index in [0.717, 1.165) is 11.4 Å². The lowest BCUT2D eigenvalue weighted by Crippen LogP contribution is -2.36. The maximum Gasteiger partial charge on any atom is 0.319 e. The molecule has 18 heavy (non-hydrogen) atoms. The Morgan fingerprint density at radius 3 is 2.44 bits per heavy atom. The van der Waals surface area contributed by atoms with Gasteiger partial charge in [-0.05, 0) is 26.0 Å². The average molecular weight is 250 g/mol. The zero-order valence-corrected chi connectivity index (χ0v) is 10.8. The minimum absolute atomic E-state index is 0.115. The molecule has 6 nitrogen and oxygen atoms in total. The van der Waals surface area contributed by atoms with Crippen LogP contribution in [0.15, 0.2) is 12.1 Å². The number of aromatic nitrogens is 1. The van der Waals surface area contributed by atoms with Gasteiger partial charge in [-0.3, -0.25) is 9.78 Å².